The van der Waals surface area contributed by atoms with E-state index in [1.165, 1.54) is 5.56 Å². The highest BCUT2D eigenvalue weighted by Crippen LogP contribution is 2.27. The van der Waals surface area contributed by atoms with Crippen molar-refractivity contribution in [1.82, 2.24) is 10.2 Å². The monoisotopic (exact) mass is 612 g/mol. The number of piperidine rings is 1. The number of amides is 2. The van der Waals surface area contributed by atoms with Crippen LogP contribution < -0.4 is 20.1 Å². The van der Waals surface area contributed by atoms with Crippen molar-refractivity contribution in [2.45, 2.75) is 57.7 Å². The molecule has 0 aliphatic carbocycles. The highest BCUT2D eigenvalue weighted by molar-refractivity contribution is 7.92. The van der Waals surface area contributed by atoms with E-state index < -0.39 is 15.3 Å². The molecule has 0 saturated carbocycles. The highest BCUT2D eigenvalue weighted by Gasteiger charge is 2.29. The lowest BCUT2D eigenvalue weighted by Crippen LogP contribution is -2.50. The van der Waals surface area contributed by atoms with E-state index >= 15 is 0 Å². The first-order valence-electron chi connectivity index (χ1n) is 14.0. The van der Waals surface area contributed by atoms with Crippen LogP contribution in [0.3, 0.4) is 0 Å². The van der Waals surface area contributed by atoms with E-state index in [2.05, 4.69) is 39.3 Å². The van der Waals surface area contributed by atoms with Crippen molar-refractivity contribution in [2.75, 3.05) is 22.8 Å². The lowest BCUT2D eigenvalue weighted by Gasteiger charge is -2.40. The molecule has 2 unspecified atom stereocenters. The van der Waals surface area contributed by atoms with E-state index in [1.54, 1.807) is 48.5 Å². The second-order valence-electron chi connectivity index (χ2n) is 10.6. The number of urea groups is 1. The molecule has 3 aromatic rings. The van der Waals surface area contributed by atoms with Crippen LogP contribution in [0.2, 0.25) is 0 Å². The van der Waals surface area contributed by atoms with Crippen LogP contribution in [0.15, 0.2) is 72.8 Å². The molecule has 3 aromatic carbocycles. The van der Waals surface area contributed by atoms with Gasteiger partial charge < -0.3 is 15.4 Å². The van der Waals surface area contributed by atoms with Gasteiger partial charge in [0.05, 0.1) is 6.26 Å². The van der Waals surface area contributed by atoms with Crippen molar-refractivity contribution in [2.24, 2.45) is 0 Å². The quantitative estimate of drug-likeness (QED) is 0.199. The number of sulfonamides is 1. The van der Waals surface area contributed by atoms with Crippen molar-refractivity contribution in [3.8, 4) is 11.5 Å². The van der Waals surface area contributed by atoms with Crippen molar-refractivity contribution >= 4 is 44.3 Å². The van der Waals surface area contributed by atoms with Crippen molar-refractivity contribution in [1.29, 1.82) is 0 Å². The molecule has 2 atom stereocenters. The zero-order chi connectivity index (χ0) is 30.1. The molecule has 4 rings (SSSR count). The summed E-state index contributed by atoms with van der Waals surface area (Å²) >= 11 is 5.49. The zero-order valence-corrected chi connectivity index (χ0v) is 25.4. The van der Waals surface area contributed by atoms with Crippen LogP contribution >= 0.6 is 11.6 Å². The summed E-state index contributed by atoms with van der Waals surface area (Å²) in [4.78, 5) is 26.4. The van der Waals surface area contributed by atoms with Gasteiger partial charge in [-0.3, -0.25) is 14.4 Å². The standard InChI is InChI=1S/C31H37ClN4O5S/c1-3-4-5-27-20-26(34-31(38)33-24-10-8-23(9-11-24)30(32)37)18-19-36(27)21-22-6-14-28(15-7-22)41-29-16-12-25(13-17-29)35-42(2,39)40/h6-17,26-27,35H,3-5,18-21H2,1-2H3,(H2,33,34,38). The van der Waals surface area contributed by atoms with Crippen LogP contribution in [-0.4, -0.2) is 49.5 Å². The predicted octanol–water partition coefficient (Wildman–Crippen LogP) is 6.57. The highest BCUT2D eigenvalue weighted by atomic mass is 35.5. The van der Waals surface area contributed by atoms with E-state index in [1.807, 2.05) is 12.1 Å². The zero-order valence-electron chi connectivity index (χ0n) is 23.8. The molecule has 1 fully saturated rings. The summed E-state index contributed by atoms with van der Waals surface area (Å²) in [5.41, 5.74) is 2.64. The van der Waals surface area contributed by atoms with Gasteiger partial charge in [-0.2, -0.15) is 0 Å². The Morgan fingerprint density at radius 2 is 1.57 bits per heavy atom. The van der Waals surface area contributed by atoms with Crippen molar-refractivity contribution in [3.63, 3.8) is 0 Å². The van der Waals surface area contributed by atoms with E-state index in [0.29, 0.717) is 34.5 Å². The molecule has 1 aliphatic heterocycles. The van der Waals surface area contributed by atoms with Crippen LogP contribution in [0.1, 0.15) is 54.9 Å². The minimum atomic E-state index is -3.33. The molecule has 42 heavy (non-hydrogen) atoms. The third kappa shape index (κ3) is 9.75. The Bertz CT molecular complexity index is 1450. The second-order valence-corrected chi connectivity index (χ2v) is 12.7. The number of nitrogens with one attached hydrogen (secondary N) is 3. The maximum absolute atomic E-state index is 12.7. The van der Waals surface area contributed by atoms with E-state index in [4.69, 9.17) is 16.3 Å². The molecule has 0 aromatic heterocycles. The number of halogens is 1. The topological polar surface area (TPSA) is 117 Å². The Balaban J connectivity index is 1.30. The summed E-state index contributed by atoms with van der Waals surface area (Å²) in [6.07, 6.45) is 6.13. The van der Waals surface area contributed by atoms with Gasteiger partial charge in [0.25, 0.3) is 5.24 Å². The maximum atomic E-state index is 12.7. The molecule has 1 saturated heterocycles. The minimum absolute atomic E-state index is 0.0709. The van der Waals surface area contributed by atoms with Crippen LogP contribution in [0, 0.1) is 0 Å². The van der Waals surface area contributed by atoms with E-state index in [0.717, 1.165) is 51.4 Å². The Labute approximate surface area is 252 Å². The fourth-order valence-electron chi connectivity index (χ4n) is 5.05. The molecule has 3 N–H and O–H groups in total. The number of carbonyl (C=O) groups is 2. The van der Waals surface area contributed by atoms with Gasteiger partial charge >= 0.3 is 6.03 Å². The first-order valence-corrected chi connectivity index (χ1v) is 16.3. The number of unbranched alkanes of at least 4 members (excludes halogenated alkanes) is 1. The van der Waals surface area contributed by atoms with E-state index in [9.17, 15) is 18.0 Å². The molecular formula is C31H37ClN4O5S. The van der Waals surface area contributed by atoms with Crippen LogP contribution in [0.25, 0.3) is 0 Å². The van der Waals surface area contributed by atoms with Gasteiger partial charge in [-0.15, -0.1) is 0 Å². The number of benzene rings is 3. The normalized spacial score (nSPS) is 17.3. The summed E-state index contributed by atoms with van der Waals surface area (Å²) in [7, 11) is -3.33. The molecule has 224 valence electrons. The molecule has 2 amide bonds. The largest absolute Gasteiger partial charge is 0.457 e. The summed E-state index contributed by atoms with van der Waals surface area (Å²) < 4.78 is 31.2. The fraction of sp³-hybridized carbons (Fsp3) is 0.355. The van der Waals surface area contributed by atoms with Crippen LogP contribution in [-0.2, 0) is 16.6 Å². The number of carbonyl (C=O) groups excluding carboxylic acids is 2. The molecule has 0 spiro atoms. The van der Waals surface area contributed by atoms with Gasteiger partial charge in [-0.05, 0) is 97.1 Å². The lowest BCUT2D eigenvalue weighted by atomic mass is 9.93. The van der Waals surface area contributed by atoms with Crippen LogP contribution in [0.4, 0.5) is 16.2 Å². The molecular weight excluding hydrogens is 576 g/mol. The summed E-state index contributed by atoms with van der Waals surface area (Å²) in [5.74, 6) is 1.31. The van der Waals surface area contributed by atoms with Gasteiger partial charge in [0, 0.05) is 42.1 Å². The minimum Gasteiger partial charge on any atom is -0.457 e. The number of rotatable bonds is 12. The molecule has 0 bridgehead atoms. The molecule has 11 heteroatoms. The Kier molecular flexibility index (Phi) is 10.8. The Morgan fingerprint density at radius 3 is 2.17 bits per heavy atom. The SMILES string of the molecule is CCCCC1CC(NC(=O)Nc2ccc(C(=O)Cl)cc2)CCN1Cc1ccc(Oc2ccc(NS(C)(=O)=O)cc2)cc1. The van der Waals surface area contributed by atoms with Gasteiger partial charge in [0.1, 0.15) is 11.5 Å². The van der Waals surface area contributed by atoms with Crippen LogP contribution in [0.5, 0.6) is 11.5 Å². The number of nitrogens with zero attached hydrogens (tertiary/aromatic N) is 1. The van der Waals surface area contributed by atoms with Gasteiger partial charge in [-0.25, -0.2) is 13.2 Å². The summed E-state index contributed by atoms with van der Waals surface area (Å²) in [6, 6.07) is 21.4. The first kappa shape index (κ1) is 31.3. The second kappa shape index (κ2) is 14.5. The van der Waals surface area contributed by atoms with E-state index in [-0.39, 0.29) is 12.1 Å². The molecule has 0 radical (unpaired) electrons. The Hall–Kier alpha value is -3.60. The average molecular weight is 613 g/mol. The maximum Gasteiger partial charge on any atom is 0.319 e. The van der Waals surface area contributed by atoms with Crippen molar-refractivity contribution in [3.05, 3.63) is 83.9 Å². The molecule has 9 nitrogen and oxygen atoms in total. The lowest BCUT2D eigenvalue weighted by molar-refractivity contribution is 0.108. The first-order chi connectivity index (χ1) is 20.1. The van der Waals surface area contributed by atoms with Crippen molar-refractivity contribution < 1.29 is 22.7 Å². The predicted molar refractivity (Wildman–Crippen MR) is 167 cm³/mol. The molecule has 1 aliphatic rings. The number of hydrogen-bond donors (Lipinski definition) is 3. The summed E-state index contributed by atoms with van der Waals surface area (Å²) in [6.45, 7) is 3.87. The third-order valence-electron chi connectivity index (χ3n) is 7.14. The van der Waals surface area contributed by atoms with Gasteiger partial charge in [0.2, 0.25) is 10.0 Å². The number of hydrogen-bond acceptors (Lipinski definition) is 6. The van der Waals surface area contributed by atoms with Gasteiger partial charge in [-0.1, -0.05) is 31.9 Å². The average Bonchev–Trinajstić information content (AvgIpc) is 2.94. The number of anilines is 2. The number of likely N-dealkylation sites (tertiary alicyclic amines) is 1. The Morgan fingerprint density at radius 1 is 0.952 bits per heavy atom. The molecule has 1 heterocycles. The fourth-order valence-corrected chi connectivity index (χ4v) is 5.74. The third-order valence-corrected chi connectivity index (χ3v) is 7.96. The smallest absolute Gasteiger partial charge is 0.319 e. The summed E-state index contributed by atoms with van der Waals surface area (Å²) in [5, 5.41) is 5.43. The van der Waals surface area contributed by atoms with Gasteiger partial charge in [0.15, 0.2) is 0 Å². The number of ether oxygens (including phenoxy) is 1.